The molecule has 0 radical (unpaired) electrons. The molecule has 5 nitrogen and oxygen atoms in total. The summed E-state index contributed by atoms with van der Waals surface area (Å²) in [5.74, 6) is 1.80. The van der Waals surface area contributed by atoms with Crippen molar-refractivity contribution < 1.29 is 4.74 Å². The summed E-state index contributed by atoms with van der Waals surface area (Å²) >= 11 is 0. The molecule has 2 N–H and O–H groups in total. The number of ether oxygens (including phenoxy) is 1. The van der Waals surface area contributed by atoms with Crippen LogP contribution in [0.1, 0.15) is 29.5 Å². The van der Waals surface area contributed by atoms with Crippen LogP contribution in [0.25, 0.3) is 0 Å². The molecule has 3 rings (SSSR count). The van der Waals surface area contributed by atoms with Crippen molar-refractivity contribution in [1.82, 2.24) is 15.3 Å². The molecule has 1 aromatic carbocycles. The fourth-order valence-electron chi connectivity index (χ4n) is 2.96. The van der Waals surface area contributed by atoms with Crippen LogP contribution in [0, 0.1) is 13.8 Å². The molecule has 2 aromatic rings. The highest BCUT2D eigenvalue weighted by Gasteiger charge is 2.21. The molecule has 2 heterocycles. The zero-order valence-corrected chi connectivity index (χ0v) is 14.5. The molecule has 24 heavy (non-hydrogen) atoms. The van der Waals surface area contributed by atoms with Gasteiger partial charge in [-0.05, 0) is 62.4 Å². The maximum Gasteiger partial charge on any atom is 0.222 e. The van der Waals surface area contributed by atoms with E-state index in [1.54, 1.807) is 12.4 Å². The van der Waals surface area contributed by atoms with E-state index in [1.165, 1.54) is 16.7 Å². The van der Waals surface area contributed by atoms with Crippen molar-refractivity contribution in [3.8, 4) is 5.75 Å². The van der Waals surface area contributed by atoms with Gasteiger partial charge in [-0.15, -0.1) is 0 Å². The number of fused-ring (bicyclic) bond motifs is 1. The second kappa shape index (κ2) is 8.11. The largest absolute Gasteiger partial charge is 0.489 e. The predicted molar refractivity (Wildman–Crippen MR) is 96.7 cm³/mol. The highest BCUT2D eigenvalue weighted by molar-refractivity contribution is 5.46. The minimum atomic E-state index is 0.267. The fourth-order valence-corrected chi connectivity index (χ4v) is 2.96. The third-order valence-corrected chi connectivity index (χ3v) is 4.53. The number of aryl methyl sites for hydroxylation is 2. The second-order valence-corrected chi connectivity index (χ2v) is 6.33. The van der Waals surface area contributed by atoms with Gasteiger partial charge in [0.15, 0.2) is 0 Å². The topological polar surface area (TPSA) is 59.1 Å². The molecule has 1 aliphatic heterocycles. The first kappa shape index (κ1) is 16.7. The summed E-state index contributed by atoms with van der Waals surface area (Å²) in [5, 5.41) is 6.72. The number of benzene rings is 1. The third-order valence-electron chi connectivity index (χ3n) is 4.53. The molecule has 0 saturated carbocycles. The first-order valence-corrected chi connectivity index (χ1v) is 8.71. The highest BCUT2D eigenvalue weighted by Crippen LogP contribution is 2.32. The number of nitrogens with one attached hydrogen (secondary N) is 2. The molecule has 0 spiro atoms. The molecule has 1 unspecified atom stereocenters. The number of hydrogen-bond donors (Lipinski definition) is 2. The molecule has 0 fully saturated rings. The van der Waals surface area contributed by atoms with Crippen LogP contribution in [0.15, 0.2) is 30.6 Å². The zero-order chi connectivity index (χ0) is 16.8. The number of hydrogen-bond acceptors (Lipinski definition) is 5. The monoisotopic (exact) mass is 326 g/mol. The Morgan fingerprint density at radius 1 is 1.17 bits per heavy atom. The van der Waals surface area contributed by atoms with E-state index in [9.17, 15) is 0 Å². The van der Waals surface area contributed by atoms with Gasteiger partial charge < -0.3 is 15.4 Å². The number of aromatic nitrogens is 2. The molecule has 0 amide bonds. The molecule has 1 aliphatic rings. The highest BCUT2D eigenvalue weighted by atomic mass is 16.5. The summed E-state index contributed by atoms with van der Waals surface area (Å²) in [5.41, 5.74) is 3.93. The number of nitrogens with zero attached hydrogens (tertiary/aromatic N) is 2. The summed E-state index contributed by atoms with van der Waals surface area (Å²) in [4.78, 5) is 8.29. The Balaban J connectivity index is 1.36. The molecule has 1 atom stereocenters. The van der Waals surface area contributed by atoms with Crippen LogP contribution in [0.4, 0.5) is 5.95 Å². The van der Waals surface area contributed by atoms with Crippen molar-refractivity contribution in [1.29, 1.82) is 0 Å². The smallest absolute Gasteiger partial charge is 0.222 e. The van der Waals surface area contributed by atoms with Crippen molar-refractivity contribution in [2.24, 2.45) is 0 Å². The van der Waals surface area contributed by atoms with Gasteiger partial charge in [0.25, 0.3) is 0 Å². The quantitative estimate of drug-likeness (QED) is 0.766. The fraction of sp³-hybridized carbons (Fsp3) is 0.474. The minimum Gasteiger partial charge on any atom is -0.489 e. The molecule has 128 valence electrons. The molecular weight excluding hydrogens is 300 g/mol. The van der Waals surface area contributed by atoms with Crippen LogP contribution in [0.3, 0.4) is 0 Å². The third kappa shape index (κ3) is 4.23. The van der Waals surface area contributed by atoms with E-state index in [1.807, 2.05) is 6.07 Å². The van der Waals surface area contributed by atoms with E-state index >= 15 is 0 Å². The van der Waals surface area contributed by atoms with E-state index in [2.05, 4.69) is 46.6 Å². The van der Waals surface area contributed by atoms with Gasteiger partial charge in [0.2, 0.25) is 5.95 Å². The number of rotatable bonds is 7. The Labute approximate surface area is 143 Å². The van der Waals surface area contributed by atoms with Crippen LogP contribution in [-0.4, -0.2) is 35.7 Å². The van der Waals surface area contributed by atoms with Crippen LogP contribution in [-0.2, 0) is 6.42 Å². The van der Waals surface area contributed by atoms with Gasteiger partial charge in [-0.1, -0.05) is 12.1 Å². The zero-order valence-electron chi connectivity index (χ0n) is 14.5. The van der Waals surface area contributed by atoms with Crippen LogP contribution >= 0.6 is 0 Å². The van der Waals surface area contributed by atoms with Gasteiger partial charge in [-0.3, -0.25) is 0 Å². The summed E-state index contributed by atoms with van der Waals surface area (Å²) in [6, 6.07) is 6.22. The first-order valence-electron chi connectivity index (χ1n) is 8.71. The van der Waals surface area contributed by atoms with Gasteiger partial charge in [0, 0.05) is 25.5 Å². The SMILES string of the molecule is Cc1ccc2c(c1C)OC(CNCCCNc1ncccn1)CC2. The Morgan fingerprint density at radius 3 is 2.83 bits per heavy atom. The Bertz CT molecular complexity index is 660. The maximum atomic E-state index is 6.22. The lowest BCUT2D eigenvalue weighted by molar-refractivity contribution is 0.169. The van der Waals surface area contributed by atoms with Crippen molar-refractivity contribution in [3.63, 3.8) is 0 Å². The minimum absolute atomic E-state index is 0.267. The molecular formula is C19H26N4O. The van der Waals surface area contributed by atoms with E-state index in [-0.39, 0.29) is 6.10 Å². The number of anilines is 1. The van der Waals surface area contributed by atoms with Crippen LogP contribution in [0.5, 0.6) is 5.75 Å². The standard InChI is InChI=1S/C19H26N4O/c1-14-5-6-16-7-8-17(24-18(16)15(14)2)13-20-9-3-10-21-19-22-11-4-12-23-19/h4-6,11-12,17,20H,3,7-10,13H2,1-2H3,(H,21,22,23). The average Bonchev–Trinajstić information content (AvgIpc) is 2.62. The van der Waals surface area contributed by atoms with Crippen LogP contribution < -0.4 is 15.4 Å². The van der Waals surface area contributed by atoms with Gasteiger partial charge >= 0.3 is 0 Å². The van der Waals surface area contributed by atoms with Gasteiger partial charge in [0.1, 0.15) is 11.9 Å². The lowest BCUT2D eigenvalue weighted by atomic mass is 9.97. The van der Waals surface area contributed by atoms with Crippen LogP contribution in [0.2, 0.25) is 0 Å². The molecule has 0 aliphatic carbocycles. The second-order valence-electron chi connectivity index (χ2n) is 6.33. The summed E-state index contributed by atoms with van der Waals surface area (Å²) in [6.45, 7) is 7.02. The first-order chi connectivity index (χ1) is 11.7. The molecule has 0 saturated heterocycles. The normalized spacial score (nSPS) is 16.3. The van der Waals surface area contributed by atoms with Crippen molar-refractivity contribution >= 4 is 5.95 Å². The van der Waals surface area contributed by atoms with Gasteiger partial charge in [0.05, 0.1) is 0 Å². The lowest BCUT2D eigenvalue weighted by Gasteiger charge is -2.28. The van der Waals surface area contributed by atoms with Crippen molar-refractivity contribution in [2.75, 3.05) is 25.0 Å². The lowest BCUT2D eigenvalue weighted by Crippen LogP contribution is -2.35. The molecule has 1 aromatic heterocycles. The van der Waals surface area contributed by atoms with Crippen molar-refractivity contribution in [2.45, 2.75) is 39.2 Å². The van der Waals surface area contributed by atoms with Crippen molar-refractivity contribution in [3.05, 3.63) is 47.3 Å². The van der Waals surface area contributed by atoms with E-state index in [4.69, 9.17) is 4.74 Å². The molecule has 0 bridgehead atoms. The summed E-state index contributed by atoms with van der Waals surface area (Å²) in [7, 11) is 0. The average molecular weight is 326 g/mol. The summed E-state index contributed by atoms with van der Waals surface area (Å²) < 4.78 is 6.22. The Hall–Kier alpha value is -2.14. The van der Waals surface area contributed by atoms with Gasteiger partial charge in [-0.2, -0.15) is 0 Å². The van der Waals surface area contributed by atoms with E-state index < -0.39 is 0 Å². The Kier molecular flexibility index (Phi) is 5.64. The summed E-state index contributed by atoms with van der Waals surface area (Å²) in [6.07, 6.45) is 6.97. The maximum absolute atomic E-state index is 6.22. The predicted octanol–water partition coefficient (Wildman–Crippen LogP) is 2.88. The van der Waals surface area contributed by atoms with E-state index in [0.717, 1.165) is 44.6 Å². The van der Waals surface area contributed by atoms with E-state index in [0.29, 0.717) is 5.95 Å². The Morgan fingerprint density at radius 2 is 2.00 bits per heavy atom. The molecule has 5 heteroatoms. The van der Waals surface area contributed by atoms with Gasteiger partial charge in [-0.25, -0.2) is 9.97 Å².